The summed E-state index contributed by atoms with van der Waals surface area (Å²) in [6, 6.07) is 0. The highest BCUT2D eigenvalue weighted by atomic mass is 16.2. The number of fused-ring (bicyclic) bond motifs is 2. The first kappa shape index (κ1) is 19.5. The minimum absolute atomic E-state index is 0.0316. The Morgan fingerprint density at radius 2 is 1.21 bits per heavy atom. The fraction of sp³-hybridized carbons (Fsp3) is 0.684. The summed E-state index contributed by atoms with van der Waals surface area (Å²) in [4.78, 5) is 29.1. The number of hydrogen-bond acceptors (Lipinski definition) is 6. The van der Waals surface area contributed by atoms with Crippen LogP contribution in [0.25, 0.3) is 0 Å². The van der Waals surface area contributed by atoms with Crippen LogP contribution in [0.5, 0.6) is 0 Å². The minimum Gasteiger partial charge on any atom is -0.345 e. The van der Waals surface area contributed by atoms with Crippen LogP contribution >= 0.6 is 0 Å². The summed E-state index contributed by atoms with van der Waals surface area (Å²) < 4.78 is 0. The normalized spacial score (nSPS) is 20.6. The van der Waals surface area contributed by atoms with Gasteiger partial charge in [0.1, 0.15) is 0 Å². The van der Waals surface area contributed by atoms with Crippen molar-refractivity contribution in [2.24, 2.45) is 11.8 Å². The Balaban J connectivity index is 1.21. The molecule has 156 valence electrons. The molecule has 4 rings (SSSR count). The lowest BCUT2D eigenvalue weighted by molar-refractivity contribution is -0.135. The maximum atomic E-state index is 12.7. The van der Waals surface area contributed by atoms with E-state index in [0.717, 1.165) is 54.9 Å². The fourth-order valence-corrected chi connectivity index (χ4v) is 4.38. The monoisotopic (exact) mass is 400 g/mol. The lowest BCUT2D eigenvalue weighted by Gasteiger charge is -2.28. The summed E-state index contributed by atoms with van der Waals surface area (Å²) in [5.74, 6) is 0.239. The minimum atomic E-state index is -0.0316. The predicted octanol–water partition coefficient (Wildman–Crippen LogP) is 0.140. The summed E-state index contributed by atoms with van der Waals surface area (Å²) in [5, 5.41) is 21.8. The molecule has 2 N–H and O–H groups in total. The van der Waals surface area contributed by atoms with Crippen molar-refractivity contribution in [2.45, 2.75) is 44.9 Å². The van der Waals surface area contributed by atoms with Crippen LogP contribution in [-0.2, 0) is 35.3 Å². The van der Waals surface area contributed by atoms with Gasteiger partial charge in [-0.25, -0.2) is 0 Å². The Labute approximate surface area is 169 Å². The number of nitrogens with one attached hydrogen (secondary N) is 2. The molecule has 10 nitrogen and oxygen atoms in total. The van der Waals surface area contributed by atoms with Crippen molar-refractivity contribution in [3.8, 4) is 0 Å². The van der Waals surface area contributed by atoms with Gasteiger partial charge in [0.2, 0.25) is 11.8 Å². The lowest BCUT2D eigenvalue weighted by Crippen LogP contribution is -2.39. The van der Waals surface area contributed by atoms with Gasteiger partial charge in [-0.3, -0.25) is 9.59 Å². The zero-order valence-corrected chi connectivity index (χ0v) is 17.0. The molecule has 2 amide bonds. The molecular formula is C19H28N8O2. The van der Waals surface area contributed by atoms with Gasteiger partial charge in [0, 0.05) is 51.9 Å². The first-order chi connectivity index (χ1) is 14.0. The first-order valence-corrected chi connectivity index (χ1v) is 10.3. The SMILES string of the molecule is CN(CCCN(C)C(=O)C1CCc2n[nH]nc2C1)C(=O)C1CCc2n[nH]nc2C1. The molecule has 2 aliphatic rings. The Morgan fingerprint density at radius 1 is 0.793 bits per heavy atom. The van der Waals surface area contributed by atoms with Crippen LogP contribution in [0.3, 0.4) is 0 Å². The lowest BCUT2D eigenvalue weighted by atomic mass is 9.88. The van der Waals surface area contributed by atoms with Crippen LogP contribution in [0.15, 0.2) is 0 Å². The van der Waals surface area contributed by atoms with Crippen LogP contribution in [0, 0.1) is 11.8 Å². The van der Waals surface area contributed by atoms with E-state index in [2.05, 4.69) is 30.8 Å². The van der Waals surface area contributed by atoms with Gasteiger partial charge in [-0.2, -0.15) is 30.8 Å². The molecule has 0 spiro atoms. The number of aryl methyl sites for hydroxylation is 2. The number of carbonyl (C=O) groups excluding carboxylic acids is 2. The van der Waals surface area contributed by atoms with E-state index < -0.39 is 0 Å². The Kier molecular flexibility index (Phi) is 5.59. The number of carbonyl (C=O) groups is 2. The number of nitrogens with zero attached hydrogens (tertiary/aromatic N) is 6. The molecule has 29 heavy (non-hydrogen) atoms. The molecule has 0 aromatic carbocycles. The summed E-state index contributed by atoms with van der Waals surface area (Å²) in [7, 11) is 3.69. The summed E-state index contributed by atoms with van der Waals surface area (Å²) >= 11 is 0. The second kappa shape index (κ2) is 8.30. The van der Waals surface area contributed by atoms with Gasteiger partial charge < -0.3 is 9.80 Å². The van der Waals surface area contributed by atoms with E-state index in [1.54, 1.807) is 9.80 Å². The van der Waals surface area contributed by atoms with Crippen molar-refractivity contribution in [3.63, 3.8) is 0 Å². The number of rotatable bonds is 6. The molecule has 0 radical (unpaired) electrons. The van der Waals surface area contributed by atoms with Crippen LogP contribution in [0.4, 0.5) is 0 Å². The molecular weight excluding hydrogens is 372 g/mol. The van der Waals surface area contributed by atoms with E-state index in [1.165, 1.54) is 0 Å². The third kappa shape index (κ3) is 4.15. The molecule has 10 heteroatoms. The van der Waals surface area contributed by atoms with Crippen LogP contribution < -0.4 is 0 Å². The number of amides is 2. The quantitative estimate of drug-likeness (QED) is 0.711. The summed E-state index contributed by atoms with van der Waals surface area (Å²) in [6.45, 7) is 1.27. The van der Waals surface area contributed by atoms with Gasteiger partial charge in [-0.05, 0) is 32.1 Å². The van der Waals surface area contributed by atoms with Gasteiger partial charge in [-0.1, -0.05) is 0 Å². The van der Waals surface area contributed by atoms with E-state index in [0.29, 0.717) is 25.9 Å². The highest BCUT2D eigenvalue weighted by molar-refractivity contribution is 5.79. The van der Waals surface area contributed by atoms with Crippen molar-refractivity contribution < 1.29 is 9.59 Å². The highest BCUT2D eigenvalue weighted by Crippen LogP contribution is 2.25. The zero-order chi connectivity index (χ0) is 20.4. The molecule has 2 aromatic heterocycles. The molecule has 0 saturated heterocycles. The van der Waals surface area contributed by atoms with E-state index in [-0.39, 0.29) is 23.7 Å². The van der Waals surface area contributed by atoms with Gasteiger partial charge in [0.25, 0.3) is 0 Å². The molecule has 0 fully saturated rings. The smallest absolute Gasteiger partial charge is 0.225 e. The molecule has 0 saturated carbocycles. The summed E-state index contributed by atoms with van der Waals surface area (Å²) in [5.41, 5.74) is 3.79. The van der Waals surface area contributed by atoms with Gasteiger partial charge >= 0.3 is 0 Å². The molecule has 0 aliphatic heterocycles. The van der Waals surface area contributed by atoms with E-state index in [4.69, 9.17) is 0 Å². The van der Waals surface area contributed by atoms with E-state index >= 15 is 0 Å². The number of aromatic amines is 2. The third-order valence-electron chi connectivity index (χ3n) is 6.18. The first-order valence-electron chi connectivity index (χ1n) is 10.3. The van der Waals surface area contributed by atoms with Crippen molar-refractivity contribution in [2.75, 3.05) is 27.2 Å². The highest BCUT2D eigenvalue weighted by Gasteiger charge is 2.30. The predicted molar refractivity (Wildman–Crippen MR) is 104 cm³/mol. The molecule has 2 heterocycles. The Bertz CT molecular complexity index is 805. The number of H-pyrrole nitrogens is 2. The average Bonchev–Trinajstić information content (AvgIpc) is 3.40. The maximum absolute atomic E-state index is 12.7. The average molecular weight is 400 g/mol. The largest absolute Gasteiger partial charge is 0.345 e. The van der Waals surface area contributed by atoms with Gasteiger partial charge in [0.15, 0.2) is 0 Å². The molecule has 2 atom stereocenters. The van der Waals surface area contributed by atoms with E-state index in [1.807, 2.05) is 14.1 Å². The fourth-order valence-electron chi connectivity index (χ4n) is 4.38. The number of hydrogen-bond donors (Lipinski definition) is 2. The van der Waals surface area contributed by atoms with Crippen LogP contribution in [-0.4, -0.2) is 79.6 Å². The van der Waals surface area contributed by atoms with Crippen LogP contribution in [0.2, 0.25) is 0 Å². The maximum Gasteiger partial charge on any atom is 0.225 e. The standard InChI is InChI=1S/C19H28N8O2/c1-26(18(28)12-4-6-14-16(10-12)22-24-20-14)8-3-9-27(2)19(29)13-5-7-15-17(11-13)23-25-21-15/h12-13H,3-11H2,1-2H3,(H,20,22,24)(H,21,23,25). The van der Waals surface area contributed by atoms with Crippen molar-refractivity contribution in [1.29, 1.82) is 0 Å². The molecule has 0 bridgehead atoms. The third-order valence-corrected chi connectivity index (χ3v) is 6.18. The second-order valence-electron chi connectivity index (χ2n) is 8.19. The zero-order valence-electron chi connectivity index (χ0n) is 17.0. The van der Waals surface area contributed by atoms with Gasteiger partial charge in [-0.15, -0.1) is 0 Å². The Hall–Kier alpha value is -2.78. The topological polar surface area (TPSA) is 124 Å². The van der Waals surface area contributed by atoms with Gasteiger partial charge in [0.05, 0.1) is 22.8 Å². The van der Waals surface area contributed by atoms with E-state index in [9.17, 15) is 9.59 Å². The number of aromatic nitrogens is 6. The second-order valence-corrected chi connectivity index (χ2v) is 8.19. The molecule has 2 unspecified atom stereocenters. The van der Waals surface area contributed by atoms with Crippen LogP contribution in [0.1, 0.15) is 42.0 Å². The molecule has 2 aliphatic carbocycles. The van der Waals surface area contributed by atoms with Crippen molar-refractivity contribution in [1.82, 2.24) is 40.6 Å². The Morgan fingerprint density at radius 3 is 1.66 bits per heavy atom. The molecule has 2 aromatic rings. The van der Waals surface area contributed by atoms with Crippen molar-refractivity contribution in [3.05, 3.63) is 22.8 Å². The van der Waals surface area contributed by atoms with Crippen molar-refractivity contribution >= 4 is 11.8 Å². The summed E-state index contributed by atoms with van der Waals surface area (Å²) in [6.07, 6.45) is 5.27.